The van der Waals surface area contributed by atoms with Crippen LogP contribution in [-0.2, 0) is 14.3 Å². The highest BCUT2D eigenvalue weighted by atomic mass is 16.5. The number of ketones is 1. The Morgan fingerprint density at radius 2 is 2.25 bits per heavy atom. The van der Waals surface area contributed by atoms with Crippen molar-refractivity contribution < 1.29 is 19.1 Å². The summed E-state index contributed by atoms with van der Waals surface area (Å²) in [6.45, 7) is 0.817. The predicted molar refractivity (Wildman–Crippen MR) is 39.1 cm³/mol. The van der Waals surface area contributed by atoms with Crippen LogP contribution in [0.3, 0.4) is 0 Å². The maximum atomic E-state index is 10.7. The molecule has 0 atom stereocenters. The smallest absolute Gasteiger partial charge is 0.441 e. The Bertz CT molecular complexity index is 294. The van der Waals surface area contributed by atoms with Crippen molar-refractivity contribution in [1.29, 1.82) is 0 Å². The van der Waals surface area contributed by atoms with Crippen molar-refractivity contribution in [2.75, 3.05) is 6.61 Å². The molecule has 0 aromatic heterocycles. The molecule has 0 aromatic carbocycles. The van der Waals surface area contributed by atoms with Gasteiger partial charge >= 0.3 is 11.7 Å². The second kappa shape index (κ2) is 4.83. The second-order valence-electron chi connectivity index (χ2n) is 1.79. The van der Waals surface area contributed by atoms with Crippen LogP contribution in [0.15, 0.2) is 0 Å². The van der Waals surface area contributed by atoms with E-state index in [0.717, 1.165) is 6.92 Å². The molecule has 12 heavy (non-hydrogen) atoms. The molecule has 0 aliphatic heterocycles. The lowest BCUT2D eigenvalue weighted by Gasteiger charge is -1.92. The van der Waals surface area contributed by atoms with Crippen molar-refractivity contribution in [3.05, 3.63) is 5.53 Å². The van der Waals surface area contributed by atoms with Crippen LogP contribution in [0.1, 0.15) is 6.92 Å². The highest BCUT2D eigenvalue weighted by Crippen LogP contribution is 1.82. The molecule has 0 aliphatic carbocycles. The van der Waals surface area contributed by atoms with Crippen LogP contribution in [-0.4, -0.2) is 28.9 Å². The zero-order chi connectivity index (χ0) is 9.56. The molecule has 5 heteroatoms. The number of esters is 1. The Morgan fingerprint density at radius 3 is 2.58 bits per heavy atom. The Morgan fingerprint density at radius 1 is 1.67 bits per heavy atom. The minimum Gasteiger partial charge on any atom is -0.444 e. The van der Waals surface area contributed by atoms with Gasteiger partial charge < -0.3 is 10.3 Å². The molecule has 0 bridgehead atoms. The van der Waals surface area contributed by atoms with Crippen LogP contribution < -0.4 is 0 Å². The number of carbonyl (C=O) groups excluding carboxylic acids is 2. The van der Waals surface area contributed by atoms with Crippen LogP contribution >= 0.6 is 0 Å². The topological polar surface area (TPSA) is 79.8 Å². The molecule has 0 rings (SSSR count). The van der Waals surface area contributed by atoms with Gasteiger partial charge in [-0.05, 0) is 0 Å². The highest BCUT2D eigenvalue weighted by molar-refractivity contribution is 6.61. The van der Waals surface area contributed by atoms with Crippen LogP contribution in [0.25, 0.3) is 5.53 Å². The average Bonchev–Trinajstić information content (AvgIpc) is 2.01. The summed E-state index contributed by atoms with van der Waals surface area (Å²) in [5.41, 5.74) is 7.52. The van der Waals surface area contributed by atoms with Crippen LogP contribution in [0, 0.1) is 12.3 Å². The third kappa shape index (κ3) is 2.78. The quantitative estimate of drug-likeness (QED) is 0.140. The van der Waals surface area contributed by atoms with E-state index in [1.807, 2.05) is 5.92 Å². The van der Waals surface area contributed by atoms with E-state index >= 15 is 0 Å². The number of hydrogen-bond acceptors (Lipinski definition) is 3. The fourth-order valence-electron chi connectivity index (χ4n) is 0.431. The zero-order valence-corrected chi connectivity index (χ0v) is 6.40. The van der Waals surface area contributed by atoms with E-state index in [2.05, 4.69) is 9.53 Å². The number of rotatable bonds is 3. The van der Waals surface area contributed by atoms with E-state index < -0.39 is 17.5 Å². The summed E-state index contributed by atoms with van der Waals surface area (Å²) in [5, 5.41) is 0. The summed E-state index contributed by atoms with van der Waals surface area (Å²) in [5.74, 6) is 0.319. The van der Waals surface area contributed by atoms with Crippen LogP contribution in [0.5, 0.6) is 0 Å². The molecular weight excluding hydrogens is 160 g/mol. The summed E-state index contributed by atoms with van der Waals surface area (Å²) in [6.07, 6.45) is 4.78. The molecule has 62 valence electrons. The van der Waals surface area contributed by atoms with Crippen LogP contribution in [0.4, 0.5) is 0 Å². The number of nitrogens with zero attached hydrogens (tertiary/aromatic N) is 2. The standard InChI is InChI=1S/C7H6N2O3/c1-3-4-12-7(11)6(9-8)5(2)10/h1H,4H2,2H3. The lowest BCUT2D eigenvalue weighted by molar-refractivity contribution is -0.140. The van der Waals surface area contributed by atoms with Gasteiger partial charge in [-0.2, -0.15) is 4.79 Å². The largest absolute Gasteiger partial charge is 0.444 e. The fourth-order valence-corrected chi connectivity index (χ4v) is 0.431. The van der Waals surface area contributed by atoms with E-state index in [9.17, 15) is 9.59 Å². The monoisotopic (exact) mass is 166 g/mol. The molecule has 0 amide bonds. The first kappa shape index (κ1) is 10.1. The highest BCUT2D eigenvalue weighted by Gasteiger charge is 2.26. The third-order valence-electron chi connectivity index (χ3n) is 0.913. The van der Waals surface area contributed by atoms with Crippen molar-refractivity contribution in [1.82, 2.24) is 0 Å². The first-order chi connectivity index (χ1) is 5.63. The Kier molecular flexibility index (Phi) is 4.06. The predicted octanol–water partition coefficient (Wildman–Crippen LogP) is -0.577. The van der Waals surface area contributed by atoms with Gasteiger partial charge in [0.2, 0.25) is 5.78 Å². The van der Waals surface area contributed by atoms with Crippen molar-refractivity contribution in [2.24, 2.45) is 0 Å². The van der Waals surface area contributed by atoms with Gasteiger partial charge in [-0.15, -0.1) is 6.42 Å². The van der Waals surface area contributed by atoms with Crippen LogP contribution in [0.2, 0.25) is 0 Å². The second-order valence-corrected chi connectivity index (χ2v) is 1.79. The summed E-state index contributed by atoms with van der Waals surface area (Å²) < 4.78 is 4.32. The summed E-state index contributed by atoms with van der Waals surface area (Å²) in [7, 11) is 0. The molecule has 0 aromatic rings. The molecule has 0 radical (unpaired) electrons. The van der Waals surface area contributed by atoms with E-state index in [0.29, 0.717) is 0 Å². The molecule has 0 N–H and O–H groups in total. The van der Waals surface area contributed by atoms with Gasteiger partial charge in [-0.1, -0.05) is 5.92 Å². The first-order valence-corrected chi connectivity index (χ1v) is 2.97. The maximum absolute atomic E-state index is 10.7. The van der Waals surface area contributed by atoms with Gasteiger partial charge in [0.25, 0.3) is 0 Å². The Labute approximate surface area is 68.9 Å². The normalized spacial score (nSPS) is 7.67. The van der Waals surface area contributed by atoms with Gasteiger partial charge in [0.05, 0.1) is 0 Å². The zero-order valence-electron chi connectivity index (χ0n) is 6.40. The van der Waals surface area contributed by atoms with E-state index in [4.69, 9.17) is 12.0 Å². The molecule has 0 saturated carbocycles. The van der Waals surface area contributed by atoms with Gasteiger partial charge in [0.1, 0.15) is 0 Å². The maximum Gasteiger partial charge on any atom is 0.441 e. The van der Waals surface area contributed by atoms with Crippen molar-refractivity contribution in [2.45, 2.75) is 6.92 Å². The molecular formula is C7H6N2O3. The van der Waals surface area contributed by atoms with Gasteiger partial charge in [0.15, 0.2) is 6.61 Å². The Balaban J connectivity index is 4.38. The summed E-state index contributed by atoms with van der Waals surface area (Å²) in [4.78, 5) is 23.7. The third-order valence-corrected chi connectivity index (χ3v) is 0.913. The molecule has 0 heterocycles. The van der Waals surface area contributed by atoms with Gasteiger partial charge in [0, 0.05) is 6.92 Å². The fraction of sp³-hybridized carbons (Fsp3) is 0.286. The number of terminal acetylenes is 1. The molecule has 0 fully saturated rings. The number of carbonyl (C=O) groups is 2. The summed E-state index contributed by atoms with van der Waals surface area (Å²) in [6, 6.07) is 0. The number of hydrogen-bond donors (Lipinski definition) is 0. The lowest BCUT2D eigenvalue weighted by atomic mass is 10.3. The average molecular weight is 166 g/mol. The lowest BCUT2D eigenvalue weighted by Crippen LogP contribution is -2.25. The first-order valence-electron chi connectivity index (χ1n) is 2.97. The minimum absolute atomic E-state index is 0.259. The molecule has 5 nitrogen and oxygen atoms in total. The van der Waals surface area contributed by atoms with Crippen molar-refractivity contribution >= 4 is 17.5 Å². The Hall–Kier alpha value is -1.92. The number of Topliss-reactive ketones (excluding diaryl/α,β-unsaturated/α-hetero) is 1. The number of ether oxygens (including phenoxy) is 1. The minimum atomic E-state index is -1.03. The molecule has 0 saturated heterocycles. The van der Waals surface area contributed by atoms with E-state index in [1.54, 1.807) is 0 Å². The van der Waals surface area contributed by atoms with Gasteiger partial charge in [-0.25, -0.2) is 4.79 Å². The SMILES string of the molecule is C#CCOC(=O)C(=[N+]=[N-])C(C)=O. The van der Waals surface area contributed by atoms with Crippen molar-refractivity contribution in [3.63, 3.8) is 0 Å². The van der Waals surface area contributed by atoms with E-state index in [-0.39, 0.29) is 6.61 Å². The summed E-state index contributed by atoms with van der Waals surface area (Å²) >= 11 is 0. The molecule has 0 unspecified atom stereocenters. The van der Waals surface area contributed by atoms with Crippen molar-refractivity contribution in [3.8, 4) is 12.3 Å². The van der Waals surface area contributed by atoms with Gasteiger partial charge in [-0.3, -0.25) is 4.79 Å². The van der Waals surface area contributed by atoms with E-state index in [1.165, 1.54) is 0 Å². The molecule has 0 spiro atoms. The molecule has 0 aliphatic rings.